The molecule has 5 heteroatoms. The van der Waals surface area contributed by atoms with Gasteiger partial charge in [-0.3, -0.25) is 0 Å². The van der Waals surface area contributed by atoms with E-state index in [2.05, 4.69) is 74.4 Å². The highest BCUT2D eigenvalue weighted by Crippen LogP contribution is 2.37. The Morgan fingerprint density at radius 3 is 2.22 bits per heavy atom. The number of thiophene rings is 2. The first-order valence-corrected chi connectivity index (χ1v) is 10.9. The molecule has 3 nitrogen and oxygen atoms in total. The minimum atomic E-state index is 0.984. The maximum Gasteiger partial charge on any atom is 0.159 e. The van der Waals surface area contributed by atoms with Crippen LogP contribution in [0.1, 0.15) is 22.6 Å². The molecule has 3 aromatic heterocycles. The molecule has 4 aromatic rings. The third-order valence-electron chi connectivity index (χ3n) is 5.11. The summed E-state index contributed by atoms with van der Waals surface area (Å²) in [5.41, 5.74) is 3.01. The normalized spacial score (nSPS) is 14.7. The number of hydrogen-bond acceptors (Lipinski definition) is 5. The van der Waals surface area contributed by atoms with E-state index in [1.807, 2.05) is 28.9 Å². The van der Waals surface area contributed by atoms with Crippen molar-refractivity contribution in [2.45, 2.75) is 12.8 Å². The van der Waals surface area contributed by atoms with Gasteiger partial charge in [-0.05, 0) is 35.7 Å². The first-order valence-electron chi connectivity index (χ1n) is 9.15. The van der Waals surface area contributed by atoms with Crippen molar-refractivity contribution in [1.82, 2.24) is 10.2 Å². The van der Waals surface area contributed by atoms with Gasteiger partial charge in [-0.1, -0.05) is 42.0 Å². The molecule has 1 aliphatic heterocycles. The Morgan fingerprint density at radius 2 is 1.56 bits per heavy atom. The predicted molar refractivity (Wildman–Crippen MR) is 116 cm³/mol. The Morgan fingerprint density at radius 1 is 0.852 bits per heavy atom. The molecule has 0 saturated carbocycles. The fourth-order valence-electron chi connectivity index (χ4n) is 3.80. The maximum absolute atomic E-state index is 4.46. The van der Waals surface area contributed by atoms with Gasteiger partial charge in [0, 0.05) is 39.2 Å². The zero-order chi connectivity index (χ0) is 18.1. The average Bonchev–Trinajstić information content (AvgIpc) is 3.43. The van der Waals surface area contributed by atoms with Crippen LogP contribution in [0.15, 0.2) is 71.1 Å². The molecule has 1 fully saturated rings. The van der Waals surface area contributed by atoms with Crippen molar-refractivity contribution in [3.8, 4) is 0 Å². The molecule has 1 saturated heterocycles. The van der Waals surface area contributed by atoms with Crippen molar-refractivity contribution in [3.05, 3.63) is 80.8 Å². The van der Waals surface area contributed by atoms with Gasteiger partial charge in [0.2, 0.25) is 0 Å². The zero-order valence-electron chi connectivity index (χ0n) is 14.8. The lowest BCUT2D eigenvalue weighted by atomic mass is 9.95. The van der Waals surface area contributed by atoms with Gasteiger partial charge in [0.05, 0.1) is 6.20 Å². The summed E-state index contributed by atoms with van der Waals surface area (Å²) in [5, 5.41) is 15.4. The molecule has 0 spiro atoms. The molecule has 1 aliphatic rings. The van der Waals surface area contributed by atoms with Crippen LogP contribution in [0.5, 0.6) is 0 Å². The van der Waals surface area contributed by atoms with Crippen LogP contribution in [0.25, 0.3) is 16.3 Å². The summed E-state index contributed by atoms with van der Waals surface area (Å²) in [7, 11) is 0. The van der Waals surface area contributed by atoms with E-state index in [4.69, 9.17) is 0 Å². The number of benzene rings is 1. The number of hydrogen-bond donors (Lipinski definition) is 0. The largest absolute Gasteiger partial charge is 0.354 e. The summed E-state index contributed by atoms with van der Waals surface area (Å²) in [6.45, 7) is 1.97. The number of fused-ring (bicyclic) bond motifs is 1. The molecule has 134 valence electrons. The van der Waals surface area contributed by atoms with E-state index in [0.29, 0.717) is 0 Å². The van der Waals surface area contributed by atoms with Gasteiger partial charge in [0.1, 0.15) is 0 Å². The van der Waals surface area contributed by atoms with E-state index in [9.17, 15) is 0 Å². The van der Waals surface area contributed by atoms with Crippen molar-refractivity contribution in [2.75, 3.05) is 18.0 Å². The topological polar surface area (TPSA) is 29.0 Å². The summed E-state index contributed by atoms with van der Waals surface area (Å²) >= 11 is 3.67. The number of piperidine rings is 1. The van der Waals surface area contributed by atoms with Gasteiger partial charge >= 0.3 is 0 Å². The second-order valence-electron chi connectivity index (χ2n) is 6.68. The van der Waals surface area contributed by atoms with E-state index in [0.717, 1.165) is 37.1 Å². The van der Waals surface area contributed by atoms with E-state index in [-0.39, 0.29) is 0 Å². The van der Waals surface area contributed by atoms with E-state index in [1.54, 1.807) is 5.57 Å². The van der Waals surface area contributed by atoms with Crippen molar-refractivity contribution in [3.63, 3.8) is 0 Å². The summed E-state index contributed by atoms with van der Waals surface area (Å²) < 4.78 is 0. The van der Waals surface area contributed by atoms with Crippen LogP contribution in [-0.4, -0.2) is 23.3 Å². The summed E-state index contributed by atoms with van der Waals surface area (Å²) in [6, 6.07) is 17.2. The summed E-state index contributed by atoms with van der Waals surface area (Å²) in [6.07, 6.45) is 3.98. The van der Waals surface area contributed by atoms with Gasteiger partial charge in [-0.25, -0.2) is 0 Å². The lowest BCUT2D eigenvalue weighted by Crippen LogP contribution is -2.32. The first kappa shape index (κ1) is 16.7. The van der Waals surface area contributed by atoms with Crippen LogP contribution in [0.3, 0.4) is 0 Å². The van der Waals surface area contributed by atoms with Gasteiger partial charge < -0.3 is 4.90 Å². The van der Waals surface area contributed by atoms with Crippen LogP contribution >= 0.6 is 22.7 Å². The van der Waals surface area contributed by atoms with Crippen molar-refractivity contribution in [2.24, 2.45) is 0 Å². The van der Waals surface area contributed by atoms with Crippen LogP contribution in [0.2, 0.25) is 0 Å². The lowest BCUT2D eigenvalue weighted by molar-refractivity contribution is 0.677. The highest BCUT2D eigenvalue weighted by molar-refractivity contribution is 7.13. The molecule has 4 heterocycles. The number of aromatic nitrogens is 2. The smallest absolute Gasteiger partial charge is 0.159 e. The van der Waals surface area contributed by atoms with Crippen LogP contribution in [0.4, 0.5) is 5.82 Å². The average molecular weight is 390 g/mol. The number of anilines is 1. The molecular formula is C22H19N3S2. The Labute approximate surface area is 166 Å². The van der Waals surface area contributed by atoms with Crippen molar-refractivity contribution in [1.29, 1.82) is 0 Å². The molecule has 0 N–H and O–H groups in total. The first-order chi connectivity index (χ1) is 13.4. The van der Waals surface area contributed by atoms with E-state index in [1.165, 1.54) is 20.7 Å². The quantitative estimate of drug-likeness (QED) is 0.440. The highest BCUT2D eigenvalue weighted by Gasteiger charge is 2.22. The van der Waals surface area contributed by atoms with Gasteiger partial charge in [0.25, 0.3) is 0 Å². The lowest BCUT2D eigenvalue weighted by Gasteiger charge is -2.31. The molecule has 0 amide bonds. The molecule has 27 heavy (non-hydrogen) atoms. The maximum atomic E-state index is 4.46. The summed E-state index contributed by atoms with van der Waals surface area (Å²) in [4.78, 5) is 5.15. The monoisotopic (exact) mass is 389 g/mol. The molecule has 0 aliphatic carbocycles. The molecule has 0 unspecified atom stereocenters. The summed E-state index contributed by atoms with van der Waals surface area (Å²) in [5.74, 6) is 1.01. The van der Waals surface area contributed by atoms with Gasteiger partial charge in [-0.15, -0.1) is 27.8 Å². The zero-order valence-corrected chi connectivity index (χ0v) is 16.5. The van der Waals surface area contributed by atoms with E-state index >= 15 is 0 Å². The van der Waals surface area contributed by atoms with Crippen molar-refractivity contribution >= 4 is 44.8 Å². The van der Waals surface area contributed by atoms with Crippen LogP contribution in [-0.2, 0) is 0 Å². The number of rotatable bonds is 3. The fraction of sp³-hybridized carbons (Fsp3) is 0.182. The second-order valence-corrected chi connectivity index (χ2v) is 8.57. The fourth-order valence-corrected chi connectivity index (χ4v) is 5.53. The minimum Gasteiger partial charge on any atom is -0.354 e. The van der Waals surface area contributed by atoms with Crippen LogP contribution in [0, 0.1) is 0 Å². The second kappa shape index (κ2) is 7.25. The van der Waals surface area contributed by atoms with Gasteiger partial charge in [0.15, 0.2) is 5.82 Å². The van der Waals surface area contributed by atoms with Crippen LogP contribution < -0.4 is 4.90 Å². The molecule has 1 aromatic carbocycles. The molecule has 5 rings (SSSR count). The minimum absolute atomic E-state index is 0.984. The Bertz CT molecular complexity index is 1030. The Balaban J connectivity index is 1.47. The molecule has 0 bridgehead atoms. The van der Waals surface area contributed by atoms with E-state index < -0.39 is 0 Å². The standard InChI is InChI=1S/C22H19N3S2/c1-2-6-18-17(5-1)15-23-24-22(18)25-11-9-16(10-12-25)21(19-7-3-13-26-19)20-8-4-14-27-20/h1-8,13-15H,9-12H2. The van der Waals surface area contributed by atoms with Gasteiger partial charge in [-0.2, -0.15) is 5.10 Å². The van der Waals surface area contributed by atoms with Crippen molar-refractivity contribution < 1.29 is 0 Å². The molecule has 0 radical (unpaired) electrons. The highest BCUT2D eigenvalue weighted by atomic mass is 32.1. The number of nitrogens with zero attached hydrogens (tertiary/aromatic N) is 3. The third-order valence-corrected chi connectivity index (χ3v) is 6.88. The molecule has 0 atom stereocenters. The third kappa shape index (κ3) is 3.17. The Kier molecular flexibility index (Phi) is 4.47. The molecular weight excluding hydrogens is 370 g/mol. The predicted octanol–water partition coefficient (Wildman–Crippen LogP) is 5.86. The SMILES string of the molecule is c1csc(C(=C2CCN(c3nncc4ccccc34)CC2)c2cccs2)c1. The Hall–Kier alpha value is -2.50.